The molecule has 0 saturated heterocycles. The van der Waals surface area contributed by atoms with E-state index in [1.165, 1.54) is 0 Å². The van der Waals surface area contributed by atoms with Gasteiger partial charge in [-0.3, -0.25) is 4.79 Å². The van der Waals surface area contributed by atoms with Gasteiger partial charge in [-0.15, -0.1) is 0 Å². The van der Waals surface area contributed by atoms with E-state index >= 15 is 0 Å². The molecule has 2 rings (SSSR count). The van der Waals surface area contributed by atoms with Crippen molar-refractivity contribution in [3.8, 4) is 0 Å². The average molecular weight is 334 g/mol. The molecule has 0 aromatic heterocycles. The van der Waals surface area contributed by atoms with Gasteiger partial charge in [0.15, 0.2) is 0 Å². The third kappa shape index (κ3) is 4.79. The Balaban J connectivity index is 1.76. The molecule has 0 aliphatic heterocycles. The second-order valence-corrected chi connectivity index (χ2v) is 5.45. The predicted molar refractivity (Wildman–Crippen MR) is 83.6 cm³/mol. The van der Waals surface area contributed by atoms with Gasteiger partial charge in [0.2, 0.25) is 5.91 Å². The average Bonchev–Trinajstić information content (AvgIpc) is 2.41. The summed E-state index contributed by atoms with van der Waals surface area (Å²) < 4.78 is 6.42. The standard InChI is InChI=1S/C16H16BrNO2/c1-12-3-2-4-15(9-12)18-16(19)11-20-10-13-5-7-14(17)8-6-13/h2-9H,10-11H2,1H3,(H,18,19). The van der Waals surface area contributed by atoms with Gasteiger partial charge in [-0.05, 0) is 42.3 Å². The number of carbonyl (C=O) groups excluding carboxylic acids is 1. The van der Waals surface area contributed by atoms with Crippen LogP contribution in [0.1, 0.15) is 11.1 Å². The van der Waals surface area contributed by atoms with Crippen LogP contribution < -0.4 is 5.32 Å². The Bertz CT molecular complexity index is 581. The number of benzene rings is 2. The van der Waals surface area contributed by atoms with Crippen LogP contribution in [-0.2, 0) is 16.1 Å². The van der Waals surface area contributed by atoms with Crippen molar-refractivity contribution in [3.63, 3.8) is 0 Å². The minimum atomic E-state index is -0.146. The zero-order chi connectivity index (χ0) is 14.4. The van der Waals surface area contributed by atoms with E-state index < -0.39 is 0 Å². The number of nitrogens with one attached hydrogen (secondary N) is 1. The largest absolute Gasteiger partial charge is 0.367 e. The predicted octanol–water partition coefficient (Wildman–Crippen LogP) is 3.91. The lowest BCUT2D eigenvalue weighted by molar-refractivity contribution is -0.121. The van der Waals surface area contributed by atoms with Crippen LogP contribution in [0.3, 0.4) is 0 Å². The highest BCUT2D eigenvalue weighted by molar-refractivity contribution is 9.10. The molecule has 4 heteroatoms. The molecule has 0 bridgehead atoms. The molecule has 2 aromatic rings. The molecule has 20 heavy (non-hydrogen) atoms. The third-order valence-corrected chi connectivity index (χ3v) is 3.25. The van der Waals surface area contributed by atoms with Crippen molar-refractivity contribution < 1.29 is 9.53 Å². The lowest BCUT2D eigenvalue weighted by Gasteiger charge is -2.07. The Morgan fingerprint density at radius 2 is 1.95 bits per heavy atom. The summed E-state index contributed by atoms with van der Waals surface area (Å²) in [5.74, 6) is -0.146. The highest BCUT2D eigenvalue weighted by Crippen LogP contribution is 2.11. The lowest BCUT2D eigenvalue weighted by atomic mass is 10.2. The Morgan fingerprint density at radius 1 is 1.20 bits per heavy atom. The van der Waals surface area contributed by atoms with Gasteiger partial charge in [-0.2, -0.15) is 0 Å². The molecule has 0 atom stereocenters. The van der Waals surface area contributed by atoms with Gasteiger partial charge in [-0.1, -0.05) is 40.2 Å². The van der Waals surface area contributed by atoms with Gasteiger partial charge in [0.1, 0.15) is 6.61 Å². The molecule has 0 spiro atoms. The van der Waals surface area contributed by atoms with E-state index in [9.17, 15) is 4.79 Å². The summed E-state index contributed by atoms with van der Waals surface area (Å²) in [5, 5.41) is 2.81. The molecule has 0 aliphatic carbocycles. The van der Waals surface area contributed by atoms with E-state index in [2.05, 4.69) is 21.2 Å². The number of ether oxygens (including phenoxy) is 1. The number of rotatable bonds is 5. The summed E-state index contributed by atoms with van der Waals surface area (Å²) in [7, 11) is 0. The van der Waals surface area contributed by atoms with Crippen molar-refractivity contribution in [2.24, 2.45) is 0 Å². The quantitative estimate of drug-likeness (QED) is 0.900. The van der Waals surface area contributed by atoms with E-state index in [0.717, 1.165) is 21.3 Å². The Labute approximate surface area is 127 Å². The van der Waals surface area contributed by atoms with Crippen LogP contribution in [0.15, 0.2) is 53.0 Å². The molecule has 2 aromatic carbocycles. The van der Waals surface area contributed by atoms with Crippen molar-refractivity contribution >= 4 is 27.5 Å². The SMILES string of the molecule is Cc1cccc(NC(=O)COCc2ccc(Br)cc2)c1. The third-order valence-electron chi connectivity index (χ3n) is 2.72. The summed E-state index contributed by atoms with van der Waals surface area (Å²) in [4.78, 5) is 11.7. The van der Waals surface area contributed by atoms with Gasteiger partial charge in [0.25, 0.3) is 0 Å². The van der Waals surface area contributed by atoms with Crippen LogP contribution in [-0.4, -0.2) is 12.5 Å². The van der Waals surface area contributed by atoms with Crippen molar-refractivity contribution in [1.29, 1.82) is 0 Å². The first kappa shape index (κ1) is 14.8. The first-order valence-corrected chi connectivity index (χ1v) is 7.11. The molecule has 3 nitrogen and oxygen atoms in total. The molecule has 104 valence electrons. The highest BCUT2D eigenvalue weighted by Gasteiger charge is 2.03. The zero-order valence-corrected chi connectivity index (χ0v) is 12.8. The summed E-state index contributed by atoms with van der Waals surface area (Å²) in [5.41, 5.74) is 2.94. The van der Waals surface area contributed by atoms with Crippen LogP contribution >= 0.6 is 15.9 Å². The van der Waals surface area contributed by atoms with Gasteiger partial charge in [-0.25, -0.2) is 0 Å². The summed E-state index contributed by atoms with van der Waals surface area (Å²) >= 11 is 3.37. The number of halogens is 1. The second-order valence-electron chi connectivity index (χ2n) is 4.54. The van der Waals surface area contributed by atoms with E-state index in [-0.39, 0.29) is 12.5 Å². The van der Waals surface area contributed by atoms with Gasteiger partial charge < -0.3 is 10.1 Å². The van der Waals surface area contributed by atoms with E-state index in [1.54, 1.807) is 0 Å². The van der Waals surface area contributed by atoms with Gasteiger partial charge >= 0.3 is 0 Å². The zero-order valence-electron chi connectivity index (χ0n) is 11.2. The van der Waals surface area contributed by atoms with Crippen molar-refractivity contribution in [3.05, 3.63) is 64.1 Å². The van der Waals surface area contributed by atoms with Crippen molar-refractivity contribution in [2.45, 2.75) is 13.5 Å². The number of hydrogen-bond donors (Lipinski definition) is 1. The molecule has 0 saturated carbocycles. The molecule has 0 unspecified atom stereocenters. The summed E-state index contributed by atoms with van der Waals surface area (Å²) in [6.45, 7) is 2.46. The highest BCUT2D eigenvalue weighted by atomic mass is 79.9. The van der Waals surface area contributed by atoms with E-state index in [4.69, 9.17) is 4.74 Å². The smallest absolute Gasteiger partial charge is 0.250 e. The van der Waals surface area contributed by atoms with Crippen molar-refractivity contribution in [2.75, 3.05) is 11.9 Å². The minimum absolute atomic E-state index is 0.0456. The van der Waals surface area contributed by atoms with Crippen LogP contribution in [0.5, 0.6) is 0 Å². The first-order chi connectivity index (χ1) is 9.63. The molecular formula is C16H16BrNO2. The second kappa shape index (κ2) is 7.22. The number of hydrogen-bond acceptors (Lipinski definition) is 2. The van der Waals surface area contributed by atoms with Crippen molar-refractivity contribution in [1.82, 2.24) is 0 Å². The fraction of sp³-hybridized carbons (Fsp3) is 0.188. The minimum Gasteiger partial charge on any atom is -0.367 e. The molecule has 0 aliphatic rings. The fourth-order valence-corrected chi connectivity index (χ4v) is 2.03. The van der Waals surface area contributed by atoms with Crippen LogP contribution in [0.2, 0.25) is 0 Å². The molecule has 1 N–H and O–H groups in total. The summed E-state index contributed by atoms with van der Waals surface area (Å²) in [6.07, 6.45) is 0. The Kier molecular flexibility index (Phi) is 5.32. The lowest BCUT2D eigenvalue weighted by Crippen LogP contribution is -2.18. The molecule has 0 radical (unpaired) electrons. The Hall–Kier alpha value is -1.65. The van der Waals surface area contributed by atoms with Crippen LogP contribution in [0.4, 0.5) is 5.69 Å². The first-order valence-electron chi connectivity index (χ1n) is 6.32. The molecule has 0 heterocycles. The number of aryl methyl sites for hydroxylation is 1. The van der Waals surface area contributed by atoms with Gasteiger partial charge in [0, 0.05) is 10.2 Å². The topological polar surface area (TPSA) is 38.3 Å². The fourth-order valence-electron chi connectivity index (χ4n) is 1.76. The maximum Gasteiger partial charge on any atom is 0.250 e. The molecule has 1 amide bonds. The number of carbonyl (C=O) groups is 1. The van der Waals surface area contributed by atoms with E-state index in [1.807, 2.05) is 55.5 Å². The number of amides is 1. The summed E-state index contributed by atoms with van der Waals surface area (Å²) in [6, 6.07) is 15.5. The van der Waals surface area contributed by atoms with Crippen LogP contribution in [0, 0.1) is 6.92 Å². The Morgan fingerprint density at radius 3 is 2.65 bits per heavy atom. The monoisotopic (exact) mass is 333 g/mol. The maximum atomic E-state index is 11.7. The normalized spacial score (nSPS) is 10.3. The van der Waals surface area contributed by atoms with Gasteiger partial charge in [0.05, 0.1) is 6.61 Å². The number of anilines is 1. The van der Waals surface area contributed by atoms with E-state index in [0.29, 0.717) is 6.61 Å². The molecule has 0 fully saturated rings. The van der Waals surface area contributed by atoms with Crippen LogP contribution in [0.25, 0.3) is 0 Å². The maximum absolute atomic E-state index is 11.7. The molecular weight excluding hydrogens is 318 g/mol.